The lowest BCUT2D eigenvalue weighted by Gasteiger charge is -2.43. The minimum absolute atomic E-state index is 0.0208. The number of fused-ring (bicyclic) bond motifs is 2. The molecule has 1 saturated heterocycles. The molecule has 2 heterocycles. The summed E-state index contributed by atoms with van der Waals surface area (Å²) in [5, 5.41) is 2.98. The summed E-state index contributed by atoms with van der Waals surface area (Å²) in [5.41, 5.74) is 2.65. The number of carbonyl (C=O) groups is 1. The Morgan fingerprint density at radius 3 is 3.06 bits per heavy atom. The Labute approximate surface area is 109 Å². The van der Waals surface area contributed by atoms with Gasteiger partial charge in [0.1, 0.15) is 0 Å². The van der Waals surface area contributed by atoms with E-state index >= 15 is 0 Å². The topological polar surface area (TPSA) is 32.3 Å². The molecule has 0 spiro atoms. The first-order chi connectivity index (χ1) is 8.15. The van der Waals surface area contributed by atoms with Crippen LogP contribution in [0.5, 0.6) is 0 Å². The van der Waals surface area contributed by atoms with Crippen molar-refractivity contribution in [3.8, 4) is 0 Å². The van der Waals surface area contributed by atoms with Crippen molar-refractivity contribution >= 4 is 21.8 Å². The van der Waals surface area contributed by atoms with Gasteiger partial charge in [-0.3, -0.25) is 9.69 Å². The lowest BCUT2D eigenvalue weighted by molar-refractivity contribution is -0.131. The number of amides is 1. The second kappa shape index (κ2) is 4.10. The molecule has 0 aliphatic carbocycles. The predicted octanol–water partition coefficient (Wildman–Crippen LogP) is 1.69. The maximum Gasteiger partial charge on any atom is 0.237 e. The number of nitrogens with zero attached hydrogens (tertiary/aromatic N) is 1. The third-order valence-corrected chi connectivity index (χ3v) is 4.27. The number of rotatable bonds is 0. The molecule has 3 nitrogen and oxygen atoms in total. The maximum atomic E-state index is 11.9. The van der Waals surface area contributed by atoms with Crippen LogP contribution in [0.3, 0.4) is 0 Å². The Kier molecular flexibility index (Phi) is 2.71. The van der Waals surface area contributed by atoms with Gasteiger partial charge in [0.15, 0.2) is 0 Å². The van der Waals surface area contributed by atoms with Crippen LogP contribution in [0.1, 0.15) is 18.1 Å². The molecule has 1 unspecified atom stereocenters. The van der Waals surface area contributed by atoms with Crippen LogP contribution in [-0.4, -0.2) is 29.4 Å². The molecule has 0 bridgehead atoms. The van der Waals surface area contributed by atoms with E-state index in [9.17, 15) is 4.79 Å². The third-order valence-electron chi connectivity index (χ3n) is 3.78. The average Bonchev–Trinajstić information content (AvgIpc) is 2.32. The van der Waals surface area contributed by atoms with Crippen LogP contribution in [0.4, 0.5) is 0 Å². The van der Waals surface area contributed by atoms with Gasteiger partial charge in [0.2, 0.25) is 5.91 Å². The first-order valence-electron chi connectivity index (χ1n) is 5.96. The molecular weight excluding hydrogens is 280 g/mol. The highest BCUT2D eigenvalue weighted by Crippen LogP contribution is 2.28. The van der Waals surface area contributed by atoms with Gasteiger partial charge in [-0.05, 0) is 36.6 Å². The molecule has 1 aromatic carbocycles. The van der Waals surface area contributed by atoms with Crippen molar-refractivity contribution in [3.05, 3.63) is 33.8 Å². The van der Waals surface area contributed by atoms with Crippen LogP contribution in [-0.2, 0) is 17.8 Å². The summed E-state index contributed by atoms with van der Waals surface area (Å²) in [4.78, 5) is 14.2. The highest BCUT2D eigenvalue weighted by Gasteiger charge is 2.37. The molecule has 1 aromatic rings. The van der Waals surface area contributed by atoms with Crippen LogP contribution < -0.4 is 5.32 Å². The van der Waals surface area contributed by atoms with Gasteiger partial charge in [-0.2, -0.15) is 0 Å². The van der Waals surface area contributed by atoms with Crippen molar-refractivity contribution in [1.82, 2.24) is 10.2 Å². The van der Waals surface area contributed by atoms with E-state index in [1.54, 1.807) is 0 Å². The standard InChI is InChI=1S/C13H15BrN2O/c1-8-6-15-13(17)12-5-9-2-3-11(14)4-10(9)7-16(8)12/h2-4,8,12H,5-7H2,1H3,(H,15,17)/t8?,12-/m0/s1. The molecule has 90 valence electrons. The second-order valence-corrected chi connectivity index (χ2v) is 5.82. The number of piperazine rings is 1. The van der Waals surface area contributed by atoms with E-state index in [0.29, 0.717) is 6.04 Å². The van der Waals surface area contributed by atoms with Crippen LogP contribution in [0.2, 0.25) is 0 Å². The fraction of sp³-hybridized carbons (Fsp3) is 0.462. The minimum atomic E-state index is 0.0208. The first kappa shape index (κ1) is 11.2. The van der Waals surface area contributed by atoms with Crippen molar-refractivity contribution in [3.63, 3.8) is 0 Å². The highest BCUT2D eigenvalue weighted by molar-refractivity contribution is 9.10. The maximum absolute atomic E-state index is 11.9. The molecule has 0 aromatic heterocycles. The summed E-state index contributed by atoms with van der Waals surface area (Å²) in [6.45, 7) is 3.82. The SMILES string of the molecule is CC1CNC(=O)[C@@H]2Cc3ccc(Br)cc3CN12. The molecule has 2 aliphatic heterocycles. The minimum Gasteiger partial charge on any atom is -0.353 e. The van der Waals surface area contributed by atoms with Crippen molar-refractivity contribution in [2.45, 2.75) is 32.0 Å². The fourth-order valence-electron chi connectivity index (χ4n) is 2.76. The van der Waals surface area contributed by atoms with E-state index in [2.05, 4.69) is 51.3 Å². The van der Waals surface area contributed by atoms with Gasteiger partial charge in [-0.15, -0.1) is 0 Å². The number of benzene rings is 1. The molecule has 1 fully saturated rings. The lowest BCUT2D eigenvalue weighted by atomic mass is 9.91. The molecule has 0 saturated carbocycles. The van der Waals surface area contributed by atoms with Crippen molar-refractivity contribution < 1.29 is 4.79 Å². The summed E-state index contributed by atoms with van der Waals surface area (Å²) in [5.74, 6) is 0.177. The molecular formula is C13H15BrN2O. The first-order valence-corrected chi connectivity index (χ1v) is 6.75. The zero-order valence-corrected chi connectivity index (χ0v) is 11.3. The number of halogens is 1. The summed E-state index contributed by atoms with van der Waals surface area (Å²) in [7, 11) is 0. The number of hydrogen-bond donors (Lipinski definition) is 1. The average molecular weight is 295 g/mol. The van der Waals surface area contributed by atoms with E-state index < -0.39 is 0 Å². The van der Waals surface area contributed by atoms with Crippen molar-refractivity contribution in [2.24, 2.45) is 0 Å². The van der Waals surface area contributed by atoms with E-state index in [1.165, 1.54) is 11.1 Å². The van der Waals surface area contributed by atoms with Gasteiger partial charge in [-0.25, -0.2) is 0 Å². The van der Waals surface area contributed by atoms with Crippen LogP contribution in [0, 0.1) is 0 Å². The summed E-state index contributed by atoms with van der Waals surface area (Å²) in [6.07, 6.45) is 0.832. The molecule has 1 amide bonds. The Hall–Kier alpha value is -0.870. The van der Waals surface area contributed by atoms with Gasteiger partial charge < -0.3 is 5.32 Å². The molecule has 4 heteroatoms. The Morgan fingerprint density at radius 2 is 2.24 bits per heavy atom. The van der Waals surface area contributed by atoms with Crippen molar-refractivity contribution in [2.75, 3.05) is 6.54 Å². The van der Waals surface area contributed by atoms with Gasteiger partial charge in [0.25, 0.3) is 0 Å². The van der Waals surface area contributed by atoms with Gasteiger partial charge in [0, 0.05) is 23.6 Å². The largest absolute Gasteiger partial charge is 0.353 e. The zero-order chi connectivity index (χ0) is 12.0. The molecule has 2 atom stereocenters. The fourth-order valence-corrected chi connectivity index (χ4v) is 3.17. The third kappa shape index (κ3) is 1.89. The number of hydrogen-bond acceptors (Lipinski definition) is 2. The zero-order valence-electron chi connectivity index (χ0n) is 9.74. The summed E-state index contributed by atoms with van der Waals surface area (Å²) >= 11 is 3.51. The molecule has 17 heavy (non-hydrogen) atoms. The highest BCUT2D eigenvalue weighted by atomic mass is 79.9. The van der Waals surface area contributed by atoms with Crippen LogP contribution >= 0.6 is 15.9 Å². The number of nitrogens with one attached hydrogen (secondary N) is 1. The summed E-state index contributed by atoms with van der Waals surface area (Å²) in [6, 6.07) is 6.80. The Balaban J connectivity index is 1.98. The van der Waals surface area contributed by atoms with Crippen molar-refractivity contribution in [1.29, 1.82) is 0 Å². The van der Waals surface area contributed by atoms with Gasteiger partial charge in [-0.1, -0.05) is 22.0 Å². The van der Waals surface area contributed by atoms with E-state index in [-0.39, 0.29) is 11.9 Å². The van der Waals surface area contributed by atoms with Crippen LogP contribution in [0.25, 0.3) is 0 Å². The Bertz CT molecular complexity index is 474. The lowest BCUT2D eigenvalue weighted by Crippen LogP contribution is -2.61. The quantitative estimate of drug-likeness (QED) is 0.790. The predicted molar refractivity (Wildman–Crippen MR) is 69.6 cm³/mol. The van der Waals surface area contributed by atoms with Gasteiger partial charge in [0.05, 0.1) is 6.04 Å². The monoisotopic (exact) mass is 294 g/mol. The second-order valence-electron chi connectivity index (χ2n) is 4.90. The van der Waals surface area contributed by atoms with E-state index in [1.807, 2.05) is 0 Å². The Morgan fingerprint density at radius 1 is 1.41 bits per heavy atom. The van der Waals surface area contributed by atoms with E-state index in [0.717, 1.165) is 24.0 Å². The van der Waals surface area contributed by atoms with Crippen LogP contribution in [0.15, 0.2) is 22.7 Å². The summed E-state index contributed by atoms with van der Waals surface area (Å²) < 4.78 is 1.11. The molecule has 0 radical (unpaired) electrons. The van der Waals surface area contributed by atoms with E-state index in [4.69, 9.17) is 0 Å². The molecule has 2 aliphatic rings. The normalized spacial score (nSPS) is 28.2. The smallest absolute Gasteiger partial charge is 0.237 e. The van der Waals surface area contributed by atoms with Gasteiger partial charge >= 0.3 is 0 Å². The number of carbonyl (C=O) groups excluding carboxylic acids is 1. The molecule has 3 rings (SSSR count). The molecule has 1 N–H and O–H groups in total.